The van der Waals surface area contributed by atoms with Crippen molar-refractivity contribution in [2.75, 3.05) is 6.61 Å². The Balaban J connectivity index is 2.34. The van der Waals surface area contributed by atoms with Crippen LogP contribution in [0.4, 0.5) is 0 Å². The molecule has 0 heterocycles. The molecule has 4 nitrogen and oxygen atoms in total. The third kappa shape index (κ3) is 3.22. The maximum absolute atomic E-state index is 11.2. The molecule has 0 amide bonds. The van der Waals surface area contributed by atoms with Gasteiger partial charge in [-0.3, -0.25) is 0 Å². The Kier molecular flexibility index (Phi) is 4.48. The van der Waals surface area contributed by atoms with Gasteiger partial charge in [-0.1, -0.05) is 23.7 Å². The summed E-state index contributed by atoms with van der Waals surface area (Å²) in [5, 5.41) is 9.39. The Morgan fingerprint density at radius 3 is 2.60 bits per heavy atom. The van der Waals surface area contributed by atoms with Crippen molar-refractivity contribution in [3.63, 3.8) is 0 Å². The minimum absolute atomic E-state index is 0.0133. The summed E-state index contributed by atoms with van der Waals surface area (Å²) in [5.74, 6) is 0.138. The van der Waals surface area contributed by atoms with E-state index in [1.807, 2.05) is 6.92 Å². The molecule has 0 spiro atoms. The van der Waals surface area contributed by atoms with Gasteiger partial charge in [-0.25, -0.2) is 4.79 Å². The van der Waals surface area contributed by atoms with E-state index in [1.165, 1.54) is 6.07 Å². The molecule has 0 aliphatic heterocycles. The summed E-state index contributed by atoms with van der Waals surface area (Å²) in [4.78, 5) is 11.2. The number of hydrogen-bond donors (Lipinski definition) is 1. The van der Waals surface area contributed by atoms with Crippen LogP contribution in [0.5, 0.6) is 17.2 Å². The molecule has 5 heteroatoms. The summed E-state index contributed by atoms with van der Waals surface area (Å²) >= 11 is 6.00. The van der Waals surface area contributed by atoms with E-state index in [0.29, 0.717) is 18.1 Å². The molecule has 0 aliphatic carbocycles. The second-order valence-electron chi connectivity index (χ2n) is 3.93. The van der Waals surface area contributed by atoms with Crippen LogP contribution < -0.4 is 9.47 Å². The number of rotatable bonds is 5. The molecule has 0 aliphatic rings. The average Bonchev–Trinajstić information content (AvgIpc) is 2.41. The van der Waals surface area contributed by atoms with Gasteiger partial charge in [-0.2, -0.15) is 0 Å². The molecule has 2 aromatic rings. The van der Waals surface area contributed by atoms with Crippen molar-refractivity contribution < 1.29 is 19.4 Å². The number of carboxylic acid groups (broad SMARTS) is 1. The standard InChI is InChI=1S/C15H13ClO4/c1-2-19-10-5-3-6-11(9-10)20-14-12(15(17)18)7-4-8-13(14)16/h3-9H,2H2,1H3,(H,17,18). The molecular weight excluding hydrogens is 280 g/mol. The summed E-state index contributed by atoms with van der Waals surface area (Å²) in [5.41, 5.74) is 0.0133. The Labute approximate surface area is 121 Å². The predicted molar refractivity (Wildman–Crippen MR) is 76.1 cm³/mol. The van der Waals surface area contributed by atoms with Crippen molar-refractivity contribution in [2.45, 2.75) is 6.92 Å². The zero-order valence-corrected chi connectivity index (χ0v) is 11.6. The first-order chi connectivity index (χ1) is 9.61. The normalized spacial score (nSPS) is 10.1. The highest BCUT2D eigenvalue weighted by Gasteiger charge is 2.15. The molecule has 0 radical (unpaired) electrons. The van der Waals surface area contributed by atoms with Gasteiger partial charge in [0.1, 0.15) is 17.1 Å². The smallest absolute Gasteiger partial charge is 0.339 e. The highest BCUT2D eigenvalue weighted by atomic mass is 35.5. The number of hydrogen-bond acceptors (Lipinski definition) is 3. The Morgan fingerprint density at radius 1 is 1.20 bits per heavy atom. The van der Waals surface area contributed by atoms with Crippen LogP contribution in [0, 0.1) is 0 Å². The van der Waals surface area contributed by atoms with Crippen molar-refractivity contribution >= 4 is 17.6 Å². The molecule has 0 saturated heterocycles. The van der Waals surface area contributed by atoms with Crippen molar-refractivity contribution in [1.82, 2.24) is 0 Å². The summed E-state index contributed by atoms with van der Waals surface area (Å²) in [6, 6.07) is 11.5. The van der Waals surface area contributed by atoms with E-state index >= 15 is 0 Å². The van der Waals surface area contributed by atoms with E-state index < -0.39 is 5.97 Å². The molecule has 0 bridgehead atoms. The van der Waals surface area contributed by atoms with Crippen LogP contribution in [0.1, 0.15) is 17.3 Å². The highest BCUT2D eigenvalue weighted by Crippen LogP contribution is 2.34. The van der Waals surface area contributed by atoms with E-state index in [9.17, 15) is 4.79 Å². The molecule has 1 N–H and O–H groups in total. The van der Waals surface area contributed by atoms with Crippen LogP contribution in [0.3, 0.4) is 0 Å². The Morgan fingerprint density at radius 2 is 1.90 bits per heavy atom. The second kappa shape index (κ2) is 6.30. The molecule has 0 saturated carbocycles. The molecule has 0 atom stereocenters. The van der Waals surface area contributed by atoms with Crippen LogP contribution in [0.25, 0.3) is 0 Å². The fourth-order valence-corrected chi connectivity index (χ4v) is 1.91. The topological polar surface area (TPSA) is 55.8 Å². The Bertz CT molecular complexity index is 625. The number of aromatic carboxylic acids is 1. The molecule has 104 valence electrons. The first-order valence-electron chi connectivity index (χ1n) is 6.04. The minimum Gasteiger partial charge on any atom is -0.494 e. The van der Waals surface area contributed by atoms with E-state index in [-0.39, 0.29) is 16.3 Å². The third-order valence-electron chi connectivity index (χ3n) is 2.53. The largest absolute Gasteiger partial charge is 0.494 e. The van der Waals surface area contributed by atoms with Gasteiger partial charge < -0.3 is 14.6 Å². The predicted octanol–water partition coefficient (Wildman–Crippen LogP) is 4.23. The van der Waals surface area contributed by atoms with Crippen LogP contribution in [0.2, 0.25) is 5.02 Å². The maximum Gasteiger partial charge on any atom is 0.339 e. The molecule has 0 fully saturated rings. The van der Waals surface area contributed by atoms with Crippen LogP contribution >= 0.6 is 11.6 Å². The zero-order valence-electron chi connectivity index (χ0n) is 10.8. The molecule has 2 rings (SSSR count). The zero-order chi connectivity index (χ0) is 14.5. The summed E-state index contributed by atoms with van der Waals surface area (Å²) in [6.07, 6.45) is 0. The minimum atomic E-state index is -1.09. The van der Waals surface area contributed by atoms with Gasteiger partial charge in [0.05, 0.1) is 11.6 Å². The van der Waals surface area contributed by atoms with Crippen LogP contribution in [-0.2, 0) is 0 Å². The summed E-state index contributed by atoms with van der Waals surface area (Å²) < 4.78 is 11.0. The Hall–Kier alpha value is -2.20. The van der Waals surface area contributed by atoms with E-state index in [1.54, 1.807) is 36.4 Å². The highest BCUT2D eigenvalue weighted by molar-refractivity contribution is 6.32. The first kappa shape index (κ1) is 14.2. The molecule has 0 aromatic heterocycles. The third-order valence-corrected chi connectivity index (χ3v) is 2.83. The lowest BCUT2D eigenvalue weighted by Crippen LogP contribution is -2.00. The lowest BCUT2D eigenvalue weighted by Gasteiger charge is -2.11. The van der Waals surface area contributed by atoms with Gasteiger partial charge in [0.15, 0.2) is 5.75 Å². The van der Waals surface area contributed by atoms with Gasteiger partial charge in [0.2, 0.25) is 0 Å². The number of halogens is 1. The van der Waals surface area contributed by atoms with E-state index in [4.69, 9.17) is 26.2 Å². The summed E-state index contributed by atoms with van der Waals surface area (Å²) in [6.45, 7) is 2.42. The van der Waals surface area contributed by atoms with Crippen molar-refractivity contribution in [3.8, 4) is 17.2 Å². The van der Waals surface area contributed by atoms with Gasteiger partial charge >= 0.3 is 5.97 Å². The first-order valence-corrected chi connectivity index (χ1v) is 6.42. The van der Waals surface area contributed by atoms with Crippen LogP contribution in [0.15, 0.2) is 42.5 Å². The lowest BCUT2D eigenvalue weighted by atomic mass is 10.2. The van der Waals surface area contributed by atoms with Crippen molar-refractivity contribution in [1.29, 1.82) is 0 Å². The second-order valence-corrected chi connectivity index (χ2v) is 4.34. The van der Waals surface area contributed by atoms with Crippen LogP contribution in [-0.4, -0.2) is 17.7 Å². The fourth-order valence-electron chi connectivity index (χ4n) is 1.69. The molecular formula is C15H13ClO4. The quantitative estimate of drug-likeness (QED) is 0.896. The molecule has 2 aromatic carbocycles. The number of carbonyl (C=O) groups is 1. The summed E-state index contributed by atoms with van der Waals surface area (Å²) in [7, 11) is 0. The van der Waals surface area contributed by atoms with Crippen molar-refractivity contribution in [2.24, 2.45) is 0 Å². The maximum atomic E-state index is 11.2. The molecule has 0 unspecified atom stereocenters. The average molecular weight is 293 g/mol. The molecule has 20 heavy (non-hydrogen) atoms. The van der Waals surface area contributed by atoms with Gasteiger partial charge in [-0.15, -0.1) is 0 Å². The van der Waals surface area contributed by atoms with Gasteiger partial charge in [0, 0.05) is 6.07 Å². The number of para-hydroxylation sites is 1. The number of ether oxygens (including phenoxy) is 2. The van der Waals surface area contributed by atoms with Gasteiger partial charge in [0.25, 0.3) is 0 Å². The van der Waals surface area contributed by atoms with E-state index in [2.05, 4.69) is 0 Å². The number of carboxylic acids is 1. The lowest BCUT2D eigenvalue weighted by molar-refractivity contribution is 0.0694. The van der Waals surface area contributed by atoms with Gasteiger partial charge in [-0.05, 0) is 31.2 Å². The monoisotopic (exact) mass is 292 g/mol. The number of benzene rings is 2. The SMILES string of the molecule is CCOc1cccc(Oc2c(Cl)cccc2C(=O)O)c1. The van der Waals surface area contributed by atoms with Crippen molar-refractivity contribution in [3.05, 3.63) is 53.1 Å². The fraction of sp³-hybridized carbons (Fsp3) is 0.133. The van der Waals surface area contributed by atoms with E-state index in [0.717, 1.165) is 0 Å².